The summed E-state index contributed by atoms with van der Waals surface area (Å²) in [5, 5.41) is 3.33. The molecule has 1 unspecified atom stereocenters. The van der Waals surface area contributed by atoms with Crippen molar-refractivity contribution in [3.05, 3.63) is 0 Å². The van der Waals surface area contributed by atoms with Gasteiger partial charge < -0.3 is 15.1 Å². The van der Waals surface area contributed by atoms with E-state index in [1.807, 2.05) is 0 Å². The van der Waals surface area contributed by atoms with E-state index in [0.717, 1.165) is 45.4 Å². The Morgan fingerprint density at radius 2 is 2.12 bits per heavy atom. The van der Waals surface area contributed by atoms with Gasteiger partial charge in [0.2, 0.25) is 5.91 Å². The number of likely N-dealkylation sites (tertiary alicyclic amines) is 1. The first kappa shape index (κ1) is 12.8. The fraction of sp³-hybridized carbons (Fsp3) is 0.923. The number of nitrogens with one attached hydrogen (secondary N) is 1. The molecule has 1 amide bonds. The first-order valence-corrected chi connectivity index (χ1v) is 6.84. The van der Waals surface area contributed by atoms with Crippen LogP contribution in [0.4, 0.5) is 0 Å². The number of carbonyl (C=O) groups is 1. The summed E-state index contributed by atoms with van der Waals surface area (Å²) in [6.45, 7) is 3.83. The van der Waals surface area contributed by atoms with E-state index in [9.17, 15) is 4.79 Å². The Morgan fingerprint density at radius 3 is 2.76 bits per heavy atom. The second-order valence-corrected chi connectivity index (χ2v) is 5.59. The molecule has 0 aromatic heterocycles. The molecule has 2 saturated heterocycles. The number of likely N-dealkylation sites (N-methyl/N-ethyl adjacent to an activating group) is 1. The van der Waals surface area contributed by atoms with Gasteiger partial charge in [0.25, 0.3) is 0 Å². The maximum Gasteiger partial charge on any atom is 0.227 e. The van der Waals surface area contributed by atoms with Crippen LogP contribution in [0.2, 0.25) is 0 Å². The lowest BCUT2D eigenvalue weighted by Crippen LogP contribution is -2.51. The summed E-state index contributed by atoms with van der Waals surface area (Å²) >= 11 is 0. The Bertz CT molecular complexity index is 261. The van der Waals surface area contributed by atoms with Crippen LogP contribution in [-0.2, 0) is 4.79 Å². The molecule has 0 spiro atoms. The van der Waals surface area contributed by atoms with Crippen LogP contribution in [0.3, 0.4) is 0 Å². The molecular weight excluding hydrogens is 214 g/mol. The predicted molar refractivity (Wildman–Crippen MR) is 68.9 cm³/mol. The number of carbonyl (C=O) groups excluding carboxylic acids is 1. The molecule has 4 nitrogen and oxygen atoms in total. The molecule has 2 fully saturated rings. The molecule has 98 valence electrons. The standard InChI is InChI=1S/C13H25N3O/c1-15(2)12-6-4-8-16(10-12)13(17)11-5-3-7-14-9-11/h11-12,14H,3-10H2,1-2H3/t11-,12?/m1/s1. The highest BCUT2D eigenvalue weighted by molar-refractivity contribution is 5.79. The summed E-state index contributed by atoms with van der Waals surface area (Å²) in [7, 11) is 4.22. The van der Waals surface area contributed by atoms with E-state index >= 15 is 0 Å². The number of piperidine rings is 2. The van der Waals surface area contributed by atoms with Gasteiger partial charge in [-0.15, -0.1) is 0 Å². The van der Waals surface area contributed by atoms with Crippen molar-refractivity contribution >= 4 is 5.91 Å². The lowest BCUT2D eigenvalue weighted by Gasteiger charge is -2.38. The Morgan fingerprint density at radius 1 is 1.29 bits per heavy atom. The van der Waals surface area contributed by atoms with Gasteiger partial charge in [0.05, 0.1) is 5.92 Å². The second kappa shape index (κ2) is 5.83. The molecule has 0 aromatic carbocycles. The maximum atomic E-state index is 12.4. The van der Waals surface area contributed by atoms with Crippen molar-refractivity contribution in [1.29, 1.82) is 0 Å². The van der Waals surface area contributed by atoms with E-state index in [2.05, 4.69) is 29.2 Å². The summed E-state index contributed by atoms with van der Waals surface area (Å²) in [5.41, 5.74) is 0. The van der Waals surface area contributed by atoms with Crippen LogP contribution in [-0.4, -0.2) is 62.0 Å². The van der Waals surface area contributed by atoms with Crippen LogP contribution in [0.5, 0.6) is 0 Å². The second-order valence-electron chi connectivity index (χ2n) is 5.59. The van der Waals surface area contributed by atoms with Gasteiger partial charge in [-0.05, 0) is 46.3 Å². The van der Waals surface area contributed by atoms with E-state index in [0.29, 0.717) is 11.9 Å². The summed E-state index contributed by atoms with van der Waals surface area (Å²) in [6, 6.07) is 0.546. The van der Waals surface area contributed by atoms with E-state index in [1.165, 1.54) is 6.42 Å². The number of amides is 1. The molecule has 0 aromatic rings. The van der Waals surface area contributed by atoms with Crippen LogP contribution >= 0.6 is 0 Å². The molecule has 4 heteroatoms. The van der Waals surface area contributed by atoms with Gasteiger partial charge in [-0.25, -0.2) is 0 Å². The minimum atomic E-state index is 0.227. The minimum absolute atomic E-state index is 0.227. The highest BCUT2D eigenvalue weighted by Crippen LogP contribution is 2.19. The van der Waals surface area contributed by atoms with Crippen LogP contribution < -0.4 is 5.32 Å². The van der Waals surface area contributed by atoms with Crippen molar-refractivity contribution in [2.45, 2.75) is 31.7 Å². The minimum Gasteiger partial charge on any atom is -0.341 e. The van der Waals surface area contributed by atoms with E-state index in [-0.39, 0.29) is 5.92 Å². The normalized spacial score (nSPS) is 30.6. The van der Waals surface area contributed by atoms with Gasteiger partial charge in [-0.2, -0.15) is 0 Å². The predicted octanol–water partition coefficient (Wildman–Crippen LogP) is 0.539. The first-order valence-electron chi connectivity index (χ1n) is 6.84. The van der Waals surface area contributed by atoms with Crippen molar-refractivity contribution in [3.8, 4) is 0 Å². The van der Waals surface area contributed by atoms with Crippen LogP contribution in [0.25, 0.3) is 0 Å². The molecule has 2 heterocycles. The zero-order chi connectivity index (χ0) is 12.3. The summed E-state index contributed by atoms with van der Waals surface area (Å²) in [5.74, 6) is 0.605. The molecule has 2 atom stereocenters. The van der Waals surface area contributed by atoms with Crippen molar-refractivity contribution in [1.82, 2.24) is 15.1 Å². The zero-order valence-electron chi connectivity index (χ0n) is 11.1. The van der Waals surface area contributed by atoms with Gasteiger partial charge in [0, 0.05) is 25.7 Å². The van der Waals surface area contributed by atoms with E-state index in [1.54, 1.807) is 0 Å². The number of hydrogen-bond donors (Lipinski definition) is 1. The highest BCUT2D eigenvalue weighted by Gasteiger charge is 2.30. The van der Waals surface area contributed by atoms with Gasteiger partial charge in [0.15, 0.2) is 0 Å². The monoisotopic (exact) mass is 239 g/mol. The van der Waals surface area contributed by atoms with Gasteiger partial charge in [0.1, 0.15) is 0 Å². The maximum absolute atomic E-state index is 12.4. The Labute approximate surface area is 104 Å². The van der Waals surface area contributed by atoms with Gasteiger partial charge >= 0.3 is 0 Å². The summed E-state index contributed by atoms with van der Waals surface area (Å²) < 4.78 is 0. The van der Waals surface area contributed by atoms with Crippen LogP contribution in [0.1, 0.15) is 25.7 Å². The molecule has 0 saturated carbocycles. The number of rotatable bonds is 2. The Hall–Kier alpha value is -0.610. The third-order valence-electron chi connectivity index (χ3n) is 4.08. The molecule has 0 aliphatic carbocycles. The first-order chi connectivity index (χ1) is 8.18. The Kier molecular flexibility index (Phi) is 4.40. The smallest absolute Gasteiger partial charge is 0.227 e. The van der Waals surface area contributed by atoms with E-state index < -0.39 is 0 Å². The fourth-order valence-corrected chi connectivity index (χ4v) is 2.90. The largest absolute Gasteiger partial charge is 0.341 e. The lowest BCUT2D eigenvalue weighted by atomic mass is 9.96. The molecule has 0 radical (unpaired) electrons. The third kappa shape index (κ3) is 3.19. The molecule has 17 heavy (non-hydrogen) atoms. The van der Waals surface area contributed by atoms with Crippen molar-refractivity contribution < 1.29 is 4.79 Å². The quantitative estimate of drug-likeness (QED) is 0.764. The molecular formula is C13H25N3O. The Balaban J connectivity index is 1.89. The molecule has 2 aliphatic rings. The summed E-state index contributed by atoms with van der Waals surface area (Å²) in [6.07, 6.45) is 4.57. The average molecular weight is 239 g/mol. The van der Waals surface area contributed by atoms with Gasteiger partial charge in [-0.1, -0.05) is 0 Å². The SMILES string of the molecule is CN(C)C1CCCN(C(=O)[C@@H]2CCCNC2)C1. The van der Waals surface area contributed by atoms with Crippen molar-refractivity contribution in [3.63, 3.8) is 0 Å². The average Bonchev–Trinajstić information content (AvgIpc) is 2.39. The van der Waals surface area contributed by atoms with E-state index in [4.69, 9.17) is 0 Å². The molecule has 1 N–H and O–H groups in total. The molecule has 2 aliphatic heterocycles. The molecule has 0 bridgehead atoms. The number of nitrogens with zero attached hydrogens (tertiary/aromatic N) is 2. The van der Waals surface area contributed by atoms with Crippen LogP contribution in [0.15, 0.2) is 0 Å². The van der Waals surface area contributed by atoms with Crippen molar-refractivity contribution in [2.24, 2.45) is 5.92 Å². The lowest BCUT2D eigenvalue weighted by molar-refractivity contribution is -0.138. The topological polar surface area (TPSA) is 35.6 Å². The highest BCUT2D eigenvalue weighted by atomic mass is 16.2. The zero-order valence-corrected chi connectivity index (χ0v) is 11.1. The van der Waals surface area contributed by atoms with Gasteiger partial charge in [-0.3, -0.25) is 4.79 Å². The fourth-order valence-electron chi connectivity index (χ4n) is 2.90. The third-order valence-corrected chi connectivity index (χ3v) is 4.08. The molecule has 2 rings (SSSR count). The summed E-state index contributed by atoms with van der Waals surface area (Å²) in [4.78, 5) is 16.7. The van der Waals surface area contributed by atoms with Crippen LogP contribution in [0, 0.1) is 5.92 Å². The number of hydrogen-bond acceptors (Lipinski definition) is 3. The van der Waals surface area contributed by atoms with Crippen molar-refractivity contribution in [2.75, 3.05) is 40.3 Å².